The highest BCUT2D eigenvalue weighted by molar-refractivity contribution is 4.92. The van der Waals surface area contributed by atoms with Crippen LogP contribution in [0.2, 0.25) is 0 Å². The molecule has 13 heavy (non-hydrogen) atoms. The number of unbranched alkanes of at least 4 members (excludes halogenated alkanes) is 1. The fourth-order valence-electron chi connectivity index (χ4n) is 2.25. The van der Waals surface area contributed by atoms with Crippen LogP contribution in [0.3, 0.4) is 0 Å². The summed E-state index contributed by atoms with van der Waals surface area (Å²) >= 11 is 0. The SMILES string of the molecule is CCCCN1C(C)CNCC1(C)C. The largest absolute Gasteiger partial charge is 0.313 e. The Balaban J connectivity index is 2.52. The highest BCUT2D eigenvalue weighted by atomic mass is 15.3. The van der Waals surface area contributed by atoms with Crippen LogP contribution in [-0.4, -0.2) is 36.1 Å². The Hall–Kier alpha value is -0.0800. The van der Waals surface area contributed by atoms with Gasteiger partial charge in [-0.25, -0.2) is 0 Å². The van der Waals surface area contributed by atoms with Gasteiger partial charge in [0.05, 0.1) is 0 Å². The van der Waals surface area contributed by atoms with Crippen LogP contribution in [0.5, 0.6) is 0 Å². The van der Waals surface area contributed by atoms with Crippen LogP contribution in [0.15, 0.2) is 0 Å². The molecule has 0 spiro atoms. The van der Waals surface area contributed by atoms with Gasteiger partial charge in [-0.1, -0.05) is 13.3 Å². The van der Waals surface area contributed by atoms with Gasteiger partial charge < -0.3 is 5.32 Å². The summed E-state index contributed by atoms with van der Waals surface area (Å²) in [5.41, 5.74) is 0.340. The maximum Gasteiger partial charge on any atom is 0.0281 e. The molecule has 0 aromatic rings. The molecular formula is C11H24N2. The van der Waals surface area contributed by atoms with Crippen LogP contribution in [0, 0.1) is 0 Å². The van der Waals surface area contributed by atoms with Crippen LogP contribution < -0.4 is 5.32 Å². The zero-order valence-corrected chi connectivity index (χ0v) is 9.56. The maximum absolute atomic E-state index is 3.49. The predicted molar refractivity (Wildman–Crippen MR) is 58.0 cm³/mol. The van der Waals surface area contributed by atoms with E-state index in [0.717, 1.165) is 13.1 Å². The van der Waals surface area contributed by atoms with E-state index in [4.69, 9.17) is 0 Å². The molecule has 2 heteroatoms. The average molecular weight is 184 g/mol. The summed E-state index contributed by atoms with van der Waals surface area (Å²) < 4.78 is 0. The van der Waals surface area contributed by atoms with Crippen molar-refractivity contribution in [2.75, 3.05) is 19.6 Å². The van der Waals surface area contributed by atoms with Gasteiger partial charge in [-0.05, 0) is 33.7 Å². The number of hydrogen-bond acceptors (Lipinski definition) is 2. The van der Waals surface area contributed by atoms with E-state index in [1.54, 1.807) is 0 Å². The molecule has 1 aliphatic rings. The lowest BCUT2D eigenvalue weighted by Crippen LogP contribution is -2.62. The first-order valence-corrected chi connectivity index (χ1v) is 5.55. The molecule has 78 valence electrons. The molecule has 0 bridgehead atoms. The molecule has 0 aromatic carbocycles. The number of rotatable bonds is 3. The third kappa shape index (κ3) is 2.68. The van der Waals surface area contributed by atoms with Crippen LogP contribution in [-0.2, 0) is 0 Å². The van der Waals surface area contributed by atoms with E-state index in [-0.39, 0.29) is 0 Å². The predicted octanol–water partition coefficient (Wildman–Crippen LogP) is 1.86. The van der Waals surface area contributed by atoms with Crippen molar-refractivity contribution in [1.29, 1.82) is 0 Å². The van der Waals surface area contributed by atoms with E-state index in [1.807, 2.05) is 0 Å². The molecule has 0 amide bonds. The second-order valence-corrected chi connectivity index (χ2v) is 4.84. The minimum atomic E-state index is 0.340. The molecule has 1 rings (SSSR count). The van der Waals surface area contributed by atoms with Gasteiger partial charge in [-0.3, -0.25) is 4.90 Å². The molecule has 0 aliphatic carbocycles. The van der Waals surface area contributed by atoms with Crippen molar-refractivity contribution < 1.29 is 0 Å². The Morgan fingerprint density at radius 1 is 1.46 bits per heavy atom. The molecule has 0 radical (unpaired) electrons. The Kier molecular flexibility index (Phi) is 3.74. The summed E-state index contributed by atoms with van der Waals surface area (Å²) in [7, 11) is 0. The third-order valence-corrected chi connectivity index (χ3v) is 3.06. The second-order valence-electron chi connectivity index (χ2n) is 4.84. The molecule has 0 saturated carbocycles. The van der Waals surface area contributed by atoms with E-state index in [1.165, 1.54) is 19.4 Å². The normalized spacial score (nSPS) is 29.1. The number of piperazine rings is 1. The van der Waals surface area contributed by atoms with E-state index >= 15 is 0 Å². The Labute approximate surface area is 82.7 Å². The maximum atomic E-state index is 3.49. The molecular weight excluding hydrogens is 160 g/mol. The van der Waals surface area contributed by atoms with Gasteiger partial charge in [0, 0.05) is 24.7 Å². The first-order chi connectivity index (χ1) is 6.08. The van der Waals surface area contributed by atoms with Gasteiger partial charge in [-0.2, -0.15) is 0 Å². The summed E-state index contributed by atoms with van der Waals surface area (Å²) in [6.45, 7) is 12.8. The Bertz CT molecular complexity index is 154. The lowest BCUT2D eigenvalue weighted by molar-refractivity contribution is 0.0442. The minimum absolute atomic E-state index is 0.340. The molecule has 1 N–H and O–H groups in total. The van der Waals surface area contributed by atoms with Crippen LogP contribution in [0.4, 0.5) is 0 Å². The summed E-state index contributed by atoms with van der Waals surface area (Å²) in [6.07, 6.45) is 2.63. The minimum Gasteiger partial charge on any atom is -0.313 e. The standard InChI is InChI=1S/C11H24N2/c1-5-6-7-13-10(2)8-12-9-11(13,3)4/h10,12H,5-9H2,1-4H3. The third-order valence-electron chi connectivity index (χ3n) is 3.06. The summed E-state index contributed by atoms with van der Waals surface area (Å²) in [6, 6.07) is 0.690. The van der Waals surface area contributed by atoms with Gasteiger partial charge in [-0.15, -0.1) is 0 Å². The second kappa shape index (κ2) is 4.43. The topological polar surface area (TPSA) is 15.3 Å². The number of hydrogen-bond donors (Lipinski definition) is 1. The van der Waals surface area contributed by atoms with E-state index in [0.29, 0.717) is 11.6 Å². The quantitative estimate of drug-likeness (QED) is 0.720. The Morgan fingerprint density at radius 3 is 2.69 bits per heavy atom. The average Bonchev–Trinajstić information content (AvgIpc) is 2.02. The van der Waals surface area contributed by atoms with Gasteiger partial charge in [0.15, 0.2) is 0 Å². The molecule has 2 nitrogen and oxygen atoms in total. The molecule has 1 atom stereocenters. The first kappa shape index (κ1) is 11.0. The van der Waals surface area contributed by atoms with Crippen molar-refractivity contribution in [1.82, 2.24) is 10.2 Å². The van der Waals surface area contributed by atoms with E-state index in [9.17, 15) is 0 Å². The highest BCUT2D eigenvalue weighted by Gasteiger charge is 2.33. The van der Waals surface area contributed by atoms with Crippen molar-refractivity contribution in [2.45, 2.75) is 52.1 Å². The molecule has 1 fully saturated rings. The fourth-order valence-corrected chi connectivity index (χ4v) is 2.25. The first-order valence-electron chi connectivity index (χ1n) is 5.55. The Morgan fingerprint density at radius 2 is 2.15 bits per heavy atom. The van der Waals surface area contributed by atoms with Gasteiger partial charge in [0.25, 0.3) is 0 Å². The molecule has 1 unspecified atom stereocenters. The number of nitrogens with one attached hydrogen (secondary N) is 1. The van der Waals surface area contributed by atoms with Gasteiger partial charge >= 0.3 is 0 Å². The van der Waals surface area contributed by atoms with E-state index < -0.39 is 0 Å². The van der Waals surface area contributed by atoms with Crippen molar-refractivity contribution in [3.8, 4) is 0 Å². The van der Waals surface area contributed by atoms with Crippen LogP contribution >= 0.6 is 0 Å². The van der Waals surface area contributed by atoms with Crippen molar-refractivity contribution >= 4 is 0 Å². The zero-order valence-electron chi connectivity index (χ0n) is 9.56. The van der Waals surface area contributed by atoms with Gasteiger partial charge in [0.1, 0.15) is 0 Å². The van der Waals surface area contributed by atoms with Gasteiger partial charge in [0.2, 0.25) is 0 Å². The lowest BCUT2D eigenvalue weighted by atomic mass is 9.96. The molecule has 1 saturated heterocycles. The summed E-state index contributed by atoms with van der Waals surface area (Å²) in [4.78, 5) is 2.65. The van der Waals surface area contributed by atoms with Crippen molar-refractivity contribution in [3.63, 3.8) is 0 Å². The molecule has 1 heterocycles. The highest BCUT2D eigenvalue weighted by Crippen LogP contribution is 2.20. The van der Waals surface area contributed by atoms with Crippen molar-refractivity contribution in [3.05, 3.63) is 0 Å². The monoisotopic (exact) mass is 184 g/mol. The summed E-state index contributed by atoms with van der Waals surface area (Å²) in [5.74, 6) is 0. The lowest BCUT2D eigenvalue weighted by Gasteiger charge is -2.47. The molecule has 0 aromatic heterocycles. The van der Waals surface area contributed by atoms with Crippen LogP contribution in [0.25, 0.3) is 0 Å². The smallest absolute Gasteiger partial charge is 0.0281 e. The van der Waals surface area contributed by atoms with E-state index in [2.05, 4.69) is 37.9 Å². The fraction of sp³-hybridized carbons (Fsp3) is 1.00. The van der Waals surface area contributed by atoms with Crippen LogP contribution in [0.1, 0.15) is 40.5 Å². The molecule has 1 aliphatic heterocycles. The van der Waals surface area contributed by atoms with Crippen molar-refractivity contribution in [2.24, 2.45) is 0 Å². The number of nitrogens with zero attached hydrogens (tertiary/aromatic N) is 1. The summed E-state index contributed by atoms with van der Waals surface area (Å²) in [5, 5.41) is 3.49. The zero-order chi connectivity index (χ0) is 9.90.